The summed E-state index contributed by atoms with van der Waals surface area (Å²) in [6.07, 6.45) is 5.87. The summed E-state index contributed by atoms with van der Waals surface area (Å²) in [5, 5.41) is 3.18. The standard InChI is InChI=1S/C14H27NO/c1-6-11(7-2)13(15-5)10-14(16)12(8-3)9-4/h10-12,15H,6-9H2,1-5H3/b13-10-. The largest absolute Gasteiger partial charge is 0.391 e. The smallest absolute Gasteiger partial charge is 0.160 e. The fourth-order valence-electron chi connectivity index (χ4n) is 2.08. The van der Waals surface area contributed by atoms with Crippen LogP contribution in [0.3, 0.4) is 0 Å². The number of carbonyl (C=O) groups excluding carboxylic acids is 1. The number of hydrogen-bond donors (Lipinski definition) is 1. The van der Waals surface area contributed by atoms with Gasteiger partial charge in [-0.1, -0.05) is 27.7 Å². The molecule has 0 rings (SSSR count). The van der Waals surface area contributed by atoms with Gasteiger partial charge < -0.3 is 5.32 Å². The Labute approximate surface area is 101 Å². The Kier molecular flexibility index (Phi) is 7.96. The maximum absolute atomic E-state index is 12.0. The van der Waals surface area contributed by atoms with E-state index in [2.05, 4.69) is 33.0 Å². The number of nitrogens with one attached hydrogen (secondary N) is 1. The molecule has 0 aromatic heterocycles. The minimum Gasteiger partial charge on any atom is -0.391 e. The van der Waals surface area contributed by atoms with Crippen LogP contribution >= 0.6 is 0 Å². The molecule has 2 nitrogen and oxygen atoms in total. The Morgan fingerprint density at radius 3 is 1.75 bits per heavy atom. The van der Waals surface area contributed by atoms with Crippen LogP contribution in [-0.4, -0.2) is 12.8 Å². The van der Waals surface area contributed by atoms with Gasteiger partial charge in [-0.2, -0.15) is 0 Å². The topological polar surface area (TPSA) is 29.1 Å². The van der Waals surface area contributed by atoms with E-state index in [9.17, 15) is 4.79 Å². The van der Waals surface area contributed by atoms with Gasteiger partial charge in [0.05, 0.1) is 0 Å². The van der Waals surface area contributed by atoms with Gasteiger partial charge in [-0.15, -0.1) is 0 Å². The van der Waals surface area contributed by atoms with E-state index in [1.165, 1.54) is 0 Å². The van der Waals surface area contributed by atoms with Crippen LogP contribution in [-0.2, 0) is 4.79 Å². The molecule has 0 unspecified atom stereocenters. The first-order valence-electron chi connectivity index (χ1n) is 6.57. The van der Waals surface area contributed by atoms with Crippen molar-refractivity contribution in [2.24, 2.45) is 11.8 Å². The molecule has 0 aliphatic carbocycles. The van der Waals surface area contributed by atoms with Crippen molar-refractivity contribution in [3.63, 3.8) is 0 Å². The zero-order valence-corrected chi connectivity index (χ0v) is 11.5. The average Bonchev–Trinajstić information content (AvgIpc) is 2.30. The molecule has 0 spiro atoms. The van der Waals surface area contributed by atoms with Crippen molar-refractivity contribution in [3.05, 3.63) is 11.8 Å². The van der Waals surface area contributed by atoms with E-state index in [1.54, 1.807) is 0 Å². The van der Waals surface area contributed by atoms with Crippen molar-refractivity contribution in [1.82, 2.24) is 5.32 Å². The first kappa shape index (κ1) is 15.2. The second kappa shape index (κ2) is 8.37. The highest BCUT2D eigenvalue weighted by Gasteiger charge is 2.15. The highest BCUT2D eigenvalue weighted by molar-refractivity contribution is 5.92. The van der Waals surface area contributed by atoms with Gasteiger partial charge in [-0.05, 0) is 31.6 Å². The van der Waals surface area contributed by atoms with E-state index >= 15 is 0 Å². The molecule has 0 heterocycles. The third-order valence-electron chi connectivity index (χ3n) is 3.40. The minimum absolute atomic E-state index is 0.192. The fraction of sp³-hybridized carbons (Fsp3) is 0.786. The molecule has 0 aliphatic heterocycles. The summed E-state index contributed by atoms with van der Waals surface area (Å²) in [6.45, 7) is 8.49. The highest BCUT2D eigenvalue weighted by atomic mass is 16.1. The Morgan fingerprint density at radius 1 is 1.00 bits per heavy atom. The summed E-state index contributed by atoms with van der Waals surface area (Å²) in [4.78, 5) is 12.0. The molecule has 0 aliphatic rings. The molecule has 1 N–H and O–H groups in total. The summed E-state index contributed by atoms with van der Waals surface area (Å²) >= 11 is 0. The second-order valence-electron chi connectivity index (χ2n) is 4.28. The van der Waals surface area contributed by atoms with Crippen molar-refractivity contribution < 1.29 is 4.79 Å². The van der Waals surface area contributed by atoms with Gasteiger partial charge in [0.25, 0.3) is 0 Å². The predicted molar refractivity (Wildman–Crippen MR) is 70.3 cm³/mol. The number of rotatable bonds is 8. The van der Waals surface area contributed by atoms with Crippen molar-refractivity contribution in [2.45, 2.75) is 53.4 Å². The Hall–Kier alpha value is -0.790. The quantitative estimate of drug-likeness (QED) is 0.640. The van der Waals surface area contributed by atoms with E-state index in [1.807, 2.05) is 13.1 Å². The summed E-state index contributed by atoms with van der Waals surface area (Å²) in [7, 11) is 1.91. The fourth-order valence-corrected chi connectivity index (χ4v) is 2.08. The molecule has 2 heteroatoms. The SMILES string of the molecule is CCC(CC)C(=O)/C=C(\NC)C(CC)CC. The molecule has 0 bridgehead atoms. The van der Waals surface area contributed by atoms with Crippen molar-refractivity contribution in [1.29, 1.82) is 0 Å². The van der Waals surface area contributed by atoms with Gasteiger partial charge in [0.1, 0.15) is 0 Å². The monoisotopic (exact) mass is 225 g/mol. The molecule has 16 heavy (non-hydrogen) atoms. The third-order valence-corrected chi connectivity index (χ3v) is 3.40. The molecule has 0 radical (unpaired) electrons. The van der Waals surface area contributed by atoms with Crippen LogP contribution in [0.15, 0.2) is 11.8 Å². The molecule has 0 atom stereocenters. The third kappa shape index (κ3) is 4.38. The molecule has 0 amide bonds. The van der Waals surface area contributed by atoms with Gasteiger partial charge >= 0.3 is 0 Å². The van der Waals surface area contributed by atoms with Gasteiger partial charge in [0, 0.05) is 24.7 Å². The Balaban J connectivity index is 4.73. The first-order valence-corrected chi connectivity index (χ1v) is 6.57. The summed E-state index contributed by atoms with van der Waals surface area (Å²) in [6, 6.07) is 0. The van der Waals surface area contributed by atoms with E-state index in [0.29, 0.717) is 5.92 Å². The predicted octanol–water partition coefficient (Wildman–Crippen LogP) is 3.53. The van der Waals surface area contributed by atoms with Crippen LogP contribution in [0.1, 0.15) is 53.4 Å². The van der Waals surface area contributed by atoms with Crippen LogP contribution < -0.4 is 5.32 Å². The van der Waals surface area contributed by atoms with Gasteiger partial charge in [0.2, 0.25) is 0 Å². The lowest BCUT2D eigenvalue weighted by atomic mass is 9.93. The molecule has 94 valence electrons. The molecule has 0 aromatic rings. The molecule has 0 fully saturated rings. The van der Waals surface area contributed by atoms with Crippen LogP contribution in [0.25, 0.3) is 0 Å². The second-order valence-corrected chi connectivity index (χ2v) is 4.28. The molecular weight excluding hydrogens is 198 g/mol. The van der Waals surface area contributed by atoms with Crippen molar-refractivity contribution >= 4 is 5.78 Å². The maximum Gasteiger partial charge on any atom is 0.160 e. The van der Waals surface area contributed by atoms with Crippen LogP contribution in [0.2, 0.25) is 0 Å². The van der Waals surface area contributed by atoms with E-state index in [-0.39, 0.29) is 11.7 Å². The van der Waals surface area contributed by atoms with E-state index < -0.39 is 0 Å². The summed E-state index contributed by atoms with van der Waals surface area (Å²) in [5.41, 5.74) is 1.10. The number of allylic oxidation sites excluding steroid dienone is 2. The van der Waals surface area contributed by atoms with Gasteiger partial charge in [0.15, 0.2) is 5.78 Å². The van der Waals surface area contributed by atoms with Crippen molar-refractivity contribution in [3.8, 4) is 0 Å². The van der Waals surface area contributed by atoms with Crippen molar-refractivity contribution in [2.75, 3.05) is 7.05 Å². The van der Waals surface area contributed by atoms with Crippen LogP contribution in [0.4, 0.5) is 0 Å². The highest BCUT2D eigenvalue weighted by Crippen LogP contribution is 2.18. The number of hydrogen-bond acceptors (Lipinski definition) is 2. The molecule has 0 aromatic carbocycles. The normalized spacial score (nSPS) is 12.3. The molecule has 0 saturated heterocycles. The number of ketones is 1. The zero-order chi connectivity index (χ0) is 12.6. The van der Waals surface area contributed by atoms with Crippen LogP contribution in [0.5, 0.6) is 0 Å². The molecular formula is C14H27NO. The van der Waals surface area contributed by atoms with E-state index in [4.69, 9.17) is 0 Å². The van der Waals surface area contributed by atoms with Gasteiger partial charge in [-0.25, -0.2) is 0 Å². The first-order chi connectivity index (χ1) is 7.64. The lowest BCUT2D eigenvalue weighted by Crippen LogP contribution is -2.19. The zero-order valence-electron chi connectivity index (χ0n) is 11.5. The lowest BCUT2D eigenvalue weighted by molar-refractivity contribution is -0.118. The van der Waals surface area contributed by atoms with Gasteiger partial charge in [-0.3, -0.25) is 4.79 Å². The summed E-state index contributed by atoms with van der Waals surface area (Å²) in [5.74, 6) is 0.960. The Bertz CT molecular complexity index is 225. The lowest BCUT2D eigenvalue weighted by Gasteiger charge is -2.18. The van der Waals surface area contributed by atoms with Crippen LogP contribution in [0, 0.1) is 11.8 Å². The minimum atomic E-state index is 0.192. The molecule has 0 saturated carbocycles. The summed E-state index contributed by atoms with van der Waals surface area (Å²) < 4.78 is 0. The van der Waals surface area contributed by atoms with E-state index in [0.717, 1.165) is 31.4 Å². The average molecular weight is 225 g/mol. The number of carbonyl (C=O) groups is 1. The Morgan fingerprint density at radius 2 is 1.44 bits per heavy atom. The maximum atomic E-state index is 12.0.